The second-order valence-electron chi connectivity index (χ2n) is 12.2. The Hall–Kier alpha value is -1.43. The molecule has 0 aromatic carbocycles. The van der Waals surface area contributed by atoms with E-state index >= 15 is 0 Å². The molecule has 4 unspecified atom stereocenters. The van der Waals surface area contributed by atoms with Crippen molar-refractivity contribution < 1.29 is 24.9 Å². The molecule has 4 aliphatic rings. The number of rotatable bonds is 5. The molecule has 3 N–H and O–H groups in total. The van der Waals surface area contributed by atoms with E-state index in [1.165, 1.54) is 31.3 Å². The van der Waals surface area contributed by atoms with Crippen LogP contribution in [-0.4, -0.2) is 45.2 Å². The van der Waals surface area contributed by atoms with Crippen molar-refractivity contribution in [2.75, 3.05) is 0 Å². The zero-order valence-electron chi connectivity index (χ0n) is 21.3. The molecule has 1 saturated heterocycles. The summed E-state index contributed by atoms with van der Waals surface area (Å²) in [5.41, 5.74) is 2.57. The number of cyclic esters (lactones) is 1. The van der Waals surface area contributed by atoms with Crippen molar-refractivity contribution in [3.63, 3.8) is 0 Å². The Bertz CT molecular complexity index is 855. The molecule has 5 heteroatoms. The third-order valence-corrected chi connectivity index (χ3v) is 9.42. The van der Waals surface area contributed by atoms with Crippen molar-refractivity contribution in [3.05, 3.63) is 35.5 Å². The lowest BCUT2D eigenvalue weighted by Crippen LogP contribution is -2.41. The zero-order chi connectivity index (χ0) is 24.7. The first-order chi connectivity index (χ1) is 16.0. The van der Waals surface area contributed by atoms with Gasteiger partial charge < -0.3 is 20.1 Å². The lowest BCUT2D eigenvalue weighted by molar-refractivity contribution is -0.168. The van der Waals surface area contributed by atoms with E-state index in [2.05, 4.69) is 32.6 Å². The highest BCUT2D eigenvalue weighted by atomic mass is 16.5. The number of aliphatic hydroxyl groups excluding tert-OH is 2. The van der Waals surface area contributed by atoms with Crippen LogP contribution in [0, 0.1) is 23.2 Å². The maximum atomic E-state index is 11.9. The fraction of sp³-hybridized carbons (Fsp3) is 0.759. The number of ether oxygens (including phenoxy) is 1. The molecule has 3 saturated carbocycles. The van der Waals surface area contributed by atoms with Crippen LogP contribution < -0.4 is 0 Å². The minimum atomic E-state index is -0.943. The number of hydrogen-bond acceptors (Lipinski definition) is 5. The SMILES string of the molecule is C=C1/C(=C/C=C2/CCC[C@@]3(C)C2CC[C@@H]3C(C)CCC2CC(C)(O)CC(=O)O2)C[C@@H](O)C[C@@H]1O. The van der Waals surface area contributed by atoms with Gasteiger partial charge in [-0.25, -0.2) is 0 Å². The quantitative estimate of drug-likeness (QED) is 0.490. The van der Waals surface area contributed by atoms with Crippen LogP contribution in [0.2, 0.25) is 0 Å². The van der Waals surface area contributed by atoms with Crippen LogP contribution >= 0.6 is 0 Å². The molecular formula is C29H44O5. The summed E-state index contributed by atoms with van der Waals surface area (Å²) < 4.78 is 5.54. The van der Waals surface area contributed by atoms with Gasteiger partial charge in [0.15, 0.2) is 0 Å². The first-order valence-corrected chi connectivity index (χ1v) is 13.4. The number of fused-ring (bicyclic) bond motifs is 1. The minimum Gasteiger partial charge on any atom is -0.462 e. The summed E-state index contributed by atoms with van der Waals surface area (Å²) in [6.07, 6.45) is 12.5. The van der Waals surface area contributed by atoms with Gasteiger partial charge in [-0.15, -0.1) is 0 Å². The molecule has 4 rings (SSSR count). The minimum absolute atomic E-state index is 0.0952. The number of carbonyl (C=O) groups excluding carboxylic acids is 1. The molecule has 190 valence electrons. The van der Waals surface area contributed by atoms with Crippen molar-refractivity contribution >= 4 is 5.97 Å². The summed E-state index contributed by atoms with van der Waals surface area (Å²) in [5.74, 6) is 1.48. The van der Waals surface area contributed by atoms with Gasteiger partial charge >= 0.3 is 5.97 Å². The molecule has 0 bridgehead atoms. The van der Waals surface area contributed by atoms with Crippen LogP contribution in [0.3, 0.4) is 0 Å². The highest BCUT2D eigenvalue weighted by Gasteiger charge is 2.50. The summed E-state index contributed by atoms with van der Waals surface area (Å²) in [6, 6.07) is 0. The third kappa shape index (κ3) is 5.37. The molecular weight excluding hydrogens is 428 g/mol. The lowest BCUT2D eigenvalue weighted by Gasteiger charge is -2.44. The van der Waals surface area contributed by atoms with Gasteiger partial charge in [-0.05, 0) is 92.6 Å². The van der Waals surface area contributed by atoms with Gasteiger partial charge in [0, 0.05) is 12.8 Å². The molecule has 1 aliphatic heterocycles. The second-order valence-corrected chi connectivity index (χ2v) is 12.2. The standard InChI is InChI=1S/C29H44O5/c1-18(7-10-23-16-28(3,33)17-27(32)34-23)24-11-12-25-20(6-5-13-29(24,25)4)8-9-21-14-22(30)15-26(31)19(21)2/h8-9,18,22-26,30-31,33H,2,5-7,10-17H2,1,3-4H3/b20-8-,21-9+/t18?,22-,23?,24-,25?,26+,28?,29-/m1/s1. The fourth-order valence-electron chi connectivity index (χ4n) is 7.63. The third-order valence-electron chi connectivity index (χ3n) is 9.42. The first kappa shape index (κ1) is 25.7. The summed E-state index contributed by atoms with van der Waals surface area (Å²) in [5, 5.41) is 30.6. The van der Waals surface area contributed by atoms with Gasteiger partial charge in [-0.2, -0.15) is 0 Å². The van der Waals surface area contributed by atoms with Crippen LogP contribution in [0.4, 0.5) is 0 Å². The Morgan fingerprint density at radius 1 is 1.24 bits per heavy atom. The van der Waals surface area contributed by atoms with E-state index in [9.17, 15) is 20.1 Å². The van der Waals surface area contributed by atoms with Gasteiger partial charge in [0.2, 0.25) is 0 Å². The highest BCUT2D eigenvalue weighted by Crippen LogP contribution is 2.60. The van der Waals surface area contributed by atoms with Crippen molar-refractivity contribution in [1.82, 2.24) is 0 Å². The Labute approximate surface area is 205 Å². The Balaban J connectivity index is 1.42. The van der Waals surface area contributed by atoms with Crippen LogP contribution in [0.15, 0.2) is 35.5 Å². The average Bonchev–Trinajstić information content (AvgIpc) is 3.09. The molecule has 0 amide bonds. The lowest BCUT2D eigenvalue weighted by atomic mass is 9.60. The van der Waals surface area contributed by atoms with Gasteiger partial charge in [0.05, 0.1) is 24.2 Å². The first-order valence-electron chi connectivity index (χ1n) is 13.4. The van der Waals surface area contributed by atoms with E-state index in [0.29, 0.717) is 37.0 Å². The van der Waals surface area contributed by atoms with E-state index in [1.807, 2.05) is 0 Å². The average molecular weight is 473 g/mol. The van der Waals surface area contributed by atoms with Crippen LogP contribution in [0.1, 0.15) is 91.4 Å². The Kier molecular flexibility index (Phi) is 7.48. The Morgan fingerprint density at radius 2 is 2.00 bits per heavy atom. The topological polar surface area (TPSA) is 87.0 Å². The molecule has 8 atom stereocenters. The molecule has 34 heavy (non-hydrogen) atoms. The number of hydrogen-bond donors (Lipinski definition) is 3. The maximum Gasteiger partial charge on any atom is 0.308 e. The Morgan fingerprint density at radius 3 is 2.74 bits per heavy atom. The fourth-order valence-corrected chi connectivity index (χ4v) is 7.63. The van der Waals surface area contributed by atoms with E-state index in [4.69, 9.17) is 4.74 Å². The maximum absolute atomic E-state index is 11.9. The molecule has 0 aromatic heterocycles. The van der Waals surface area contributed by atoms with Crippen molar-refractivity contribution in [2.24, 2.45) is 23.2 Å². The molecule has 0 radical (unpaired) electrons. The summed E-state index contributed by atoms with van der Waals surface area (Å²) in [7, 11) is 0. The van der Waals surface area contributed by atoms with Gasteiger partial charge in [0.25, 0.3) is 0 Å². The van der Waals surface area contributed by atoms with E-state index in [-0.39, 0.29) is 23.9 Å². The molecule has 0 spiro atoms. The van der Waals surface area contributed by atoms with E-state index in [0.717, 1.165) is 30.4 Å². The van der Waals surface area contributed by atoms with Crippen LogP contribution in [0.25, 0.3) is 0 Å². The van der Waals surface area contributed by atoms with Crippen molar-refractivity contribution in [3.8, 4) is 0 Å². The summed E-state index contributed by atoms with van der Waals surface area (Å²) in [4.78, 5) is 11.9. The number of carbonyl (C=O) groups is 1. The zero-order valence-corrected chi connectivity index (χ0v) is 21.3. The molecule has 4 fully saturated rings. The van der Waals surface area contributed by atoms with Crippen molar-refractivity contribution in [1.29, 1.82) is 0 Å². The predicted molar refractivity (Wildman–Crippen MR) is 133 cm³/mol. The molecule has 1 heterocycles. The van der Waals surface area contributed by atoms with Crippen LogP contribution in [0.5, 0.6) is 0 Å². The number of aliphatic hydroxyl groups is 3. The monoisotopic (exact) mass is 472 g/mol. The van der Waals surface area contributed by atoms with Gasteiger partial charge in [0.1, 0.15) is 6.10 Å². The van der Waals surface area contributed by atoms with Crippen molar-refractivity contribution in [2.45, 2.75) is 115 Å². The van der Waals surface area contributed by atoms with E-state index < -0.39 is 17.8 Å². The smallest absolute Gasteiger partial charge is 0.308 e. The molecule has 5 nitrogen and oxygen atoms in total. The van der Waals surface area contributed by atoms with Gasteiger partial charge in [-0.1, -0.05) is 38.2 Å². The number of esters is 1. The molecule has 3 aliphatic carbocycles. The molecule has 0 aromatic rings. The van der Waals surface area contributed by atoms with Gasteiger partial charge in [-0.3, -0.25) is 4.79 Å². The predicted octanol–water partition coefficient (Wildman–Crippen LogP) is 5.00. The normalized spacial score (nSPS) is 44.2. The highest BCUT2D eigenvalue weighted by molar-refractivity contribution is 5.71. The largest absolute Gasteiger partial charge is 0.462 e. The second kappa shape index (κ2) is 9.91. The summed E-state index contributed by atoms with van der Waals surface area (Å²) in [6.45, 7) is 10.6. The van der Waals surface area contributed by atoms with E-state index in [1.54, 1.807) is 6.92 Å². The summed E-state index contributed by atoms with van der Waals surface area (Å²) >= 11 is 0. The van der Waals surface area contributed by atoms with Crippen LogP contribution in [-0.2, 0) is 9.53 Å². The number of allylic oxidation sites excluding steroid dienone is 3.